The minimum absolute atomic E-state index is 0.00314. The Morgan fingerprint density at radius 1 is 0.949 bits per heavy atom. The van der Waals surface area contributed by atoms with Gasteiger partial charge in [-0.1, -0.05) is 62.4 Å². The molecule has 2 aromatic rings. The highest BCUT2D eigenvalue weighted by atomic mass is 31.2. The molecule has 2 aromatic carbocycles. The Morgan fingerprint density at radius 2 is 1.51 bits per heavy atom. The van der Waals surface area contributed by atoms with E-state index in [2.05, 4.69) is 5.32 Å². The lowest BCUT2D eigenvalue weighted by molar-refractivity contribution is -0.186. The minimum Gasteiger partial charge on any atom is -0.446 e. The summed E-state index contributed by atoms with van der Waals surface area (Å²) in [5.74, 6) is -3.36. The molecule has 4 rings (SSSR count). The summed E-state index contributed by atoms with van der Waals surface area (Å²) in [6, 6.07) is 16.2. The van der Waals surface area contributed by atoms with Crippen molar-refractivity contribution in [1.82, 2.24) is 5.32 Å². The summed E-state index contributed by atoms with van der Waals surface area (Å²) in [5.41, 5.74) is -2.45. The van der Waals surface area contributed by atoms with Crippen LogP contribution in [-0.4, -0.2) is 42.5 Å². The highest BCUT2D eigenvalue weighted by molar-refractivity contribution is 7.54. The van der Waals surface area contributed by atoms with Gasteiger partial charge in [-0.2, -0.15) is 0 Å². The fourth-order valence-electron chi connectivity index (χ4n) is 5.56. The molecule has 1 N–H and O–H groups in total. The van der Waals surface area contributed by atoms with E-state index in [1.807, 2.05) is 0 Å². The predicted octanol–water partition coefficient (Wildman–Crippen LogP) is 5.42. The number of esters is 2. The van der Waals surface area contributed by atoms with Gasteiger partial charge in [-0.3, -0.25) is 14.2 Å². The van der Waals surface area contributed by atoms with Crippen LogP contribution in [0.4, 0.5) is 0 Å². The molecular weight excluding hydrogens is 521 g/mol. The maximum Gasteiger partial charge on any atom is 0.373 e. The lowest BCUT2D eigenvalue weighted by Gasteiger charge is -2.38. The first kappa shape index (κ1) is 29.0. The Hall–Kier alpha value is -3.00. The van der Waals surface area contributed by atoms with Crippen LogP contribution in [0.25, 0.3) is 0 Å². The highest BCUT2D eigenvalue weighted by Gasteiger charge is 2.77. The Morgan fingerprint density at radius 3 is 2.00 bits per heavy atom. The van der Waals surface area contributed by atoms with Crippen LogP contribution in [0.5, 0.6) is 0 Å². The summed E-state index contributed by atoms with van der Waals surface area (Å²) in [4.78, 5) is 40.2. The number of ether oxygens (including phenoxy) is 2. The maximum atomic E-state index is 14.3. The van der Waals surface area contributed by atoms with E-state index in [0.717, 1.165) is 0 Å². The standard InChI is InChI=1S/C29H36NO8P/c1-6-35-39(34,36-7-2)24(37-26(33)29-19-18-28(5,25(32)38-29)27(29,3)4)22(20-14-10-8-11-15-20)30-23(31)21-16-12-9-13-17-21/h8-17,22,24H,6-7,18-19H2,1-5H3,(H,30,31)/t22-,24-,28+,29-/m1/s1. The largest absolute Gasteiger partial charge is 0.446 e. The average Bonchev–Trinajstić information content (AvgIpc) is 3.22. The van der Waals surface area contributed by atoms with Crippen LogP contribution in [0.3, 0.4) is 0 Å². The third-order valence-corrected chi connectivity index (χ3v) is 10.6. The molecule has 0 radical (unpaired) electrons. The van der Waals surface area contributed by atoms with Gasteiger partial charge in [0.25, 0.3) is 5.91 Å². The van der Waals surface area contributed by atoms with Crippen LogP contribution in [0.1, 0.15) is 69.4 Å². The van der Waals surface area contributed by atoms with Crippen molar-refractivity contribution in [3.63, 3.8) is 0 Å². The molecule has 1 saturated carbocycles. The minimum atomic E-state index is -4.19. The van der Waals surface area contributed by atoms with Crippen molar-refractivity contribution in [3.05, 3.63) is 71.8 Å². The molecule has 4 atom stereocenters. The van der Waals surface area contributed by atoms with Gasteiger partial charge < -0.3 is 23.8 Å². The number of carbonyl (C=O) groups excluding carboxylic acids is 3. The summed E-state index contributed by atoms with van der Waals surface area (Å²) in [6.07, 6.45) is 0.702. The van der Waals surface area contributed by atoms with E-state index in [1.165, 1.54) is 0 Å². The van der Waals surface area contributed by atoms with Crippen molar-refractivity contribution in [1.29, 1.82) is 0 Å². The van der Waals surface area contributed by atoms with Gasteiger partial charge in [-0.05, 0) is 51.3 Å². The van der Waals surface area contributed by atoms with Crippen molar-refractivity contribution in [2.75, 3.05) is 13.2 Å². The highest BCUT2D eigenvalue weighted by Crippen LogP contribution is 2.66. The third-order valence-electron chi connectivity index (χ3n) is 8.34. The zero-order chi connectivity index (χ0) is 28.5. The molecule has 2 fully saturated rings. The van der Waals surface area contributed by atoms with E-state index < -0.39 is 53.8 Å². The van der Waals surface area contributed by atoms with E-state index in [0.29, 0.717) is 17.5 Å². The second kappa shape index (κ2) is 10.9. The molecule has 0 aromatic heterocycles. The van der Waals surface area contributed by atoms with Crippen molar-refractivity contribution in [2.45, 2.75) is 64.9 Å². The molecule has 1 amide bonds. The average molecular weight is 558 g/mol. The Bertz CT molecular complexity index is 1260. The van der Waals surface area contributed by atoms with Crippen molar-refractivity contribution in [2.24, 2.45) is 10.8 Å². The van der Waals surface area contributed by atoms with Crippen LogP contribution in [-0.2, 0) is 32.7 Å². The number of amides is 1. The normalized spacial score (nSPS) is 25.0. The monoisotopic (exact) mass is 557 g/mol. The molecule has 1 aliphatic heterocycles. The fourth-order valence-corrected chi connectivity index (χ4v) is 7.48. The molecule has 2 bridgehead atoms. The summed E-state index contributed by atoms with van der Waals surface area (Å²) < 4.78 is 37.4. The third kappa shape index (κ3) is 4.81. The number of fused-ring (bicyclic) bond motifs is 2. The number of carbonyl (C=O) groups is 3. The van der Waals surface area contributed by atoms with Crippen LogP contribution < -0.4 is 5.32 Å². The van der Waals surface area contributed by atoms with Gasteiger partial charge in [0.1, 0.15) is 6.04 Å². The van der Waals surface area contributed by atoms with Gasteiger partial charge in [0.05, 0.1) is 18.6 Å². The molecule has 0 unspecified atom stereocenters. The van der Waals surface area contributed by atoms with E-state index >= 15 is 0 Å². The smallest absolute Gasteiger partial charge is 0.373 e. The van der Waals surface area contributed by atoms with Gasteiger partial charge >= 0.3 is 19.5 Å². The van der Waals surface area contributed by atoms with Gasteiger partial charge in [0.15, 0.2) is 0 Å². The Balaban J connectivity index is 1.80. The molecule has 9 nitrogen and oxygen atoms in total. The van der Waals surface area contributed by atoms with E-state index in [1.54, 1.807) is 95.3 Å². The Kier molecular flexibility index (Phi) is 8.08. The van der Waals surface area contributed by atoms with E-state index in [9.17, 15) is 18.9 Å². The quantitative estimate of drug-likeness (QED) is 0.288. The molecule has 10 heteroatoms. The number of hydrogen-bond acceptors (Lipinski definition) is 8. The lowest BCUT2D eigenvalue weighted by Crippen LogP contribution is -2.51. The number of benzene rings is 2. The molecule has 1 aliphatic carbocycles. The van der Waals surface area contributed by atoms with Crippen molar-refractivity contribution in [3.8, 4) is 0 Å². The second-order valence-electron chi connectivity index (χ2n) is 10.6. The molecule has 0 spiro atoms. The van der Waals surface area contributed by atoms with Crippen LogP contribution in [0.2, 0.25) is 0 Å². The molecule has 2 aliphatic rings. The SMILES string of the molecule is CCOP(=O)(OCC)[C@@H](OC(=O)[C@@]12CC[C@@](C)(C(=O)O1)C2(C)C)[C@H](NC(=O)c1ccccc1)c1ccccc1. The zero-order valence-corrected chi connectivity index (χ0v) is 23.9. The van der Waals surface area contributed by atoms with Gasteiger partial charge in [0.2, 0.25) is 11.4 Å². The van der Waals surface area contributed by atoms with Crippen LogP contribution in [0, 0.1) is 10.8 Å². The first-order chi connectivity index (χ1) is 18.5. The summed E-state index contributed by atoms with van der Waals surface area (Å²) in [6.45, 7) is 8.69. The molecule has 1 saturated heterocycles. The number of hydrogen-bond donors (Lipinski definition) is 1. The van der Waals surface area contributed by atoms with E-state index in [-0.39, 0.29) is 19.6 Å². The van der Waals surface area contributed by atoms with Crippen molar-refractivity contribution < 1.29 is 37.5 Å². The van der Waals surface area contributed by atoms with Gasteiger partial charge in [0, 0.05) is 11.0 Å². The van der Waals surface area contributed by atoms with Crippen molar-refractivity contribution >= 4 is 25.4 Å². The van der Waals surface area contributed by atoms with Crippen LogP contribution in [0.15, 0.2) is 60.7 Å². The fraction of sp³-hybridized carbons (Fsp3) is 0.483. The zero-order valence-electron chi connectivity index (χ0n) is 23.0. The first-order valence-corrected chi connectivity index (χ1v) is 14.8. The van der Waals surface area contributed by atoms with Gasteiger partial charge in [-0.15, -0.1) is 0 Å². The second-order valence-corrected chi connectivity index (χ2v) is 12.7. The molecular formula is C29H36NO8P. The number of nitrogens with one attached hydrogen (secondary N) is 1. The van der Waals surface area contributed by atoms with Crippen LogP contribution >= 0.6 is 7.60 Å². The number of rotatable bonds is 11. The molecule has 210 valence electrons. The predicted molar refractivity (Wildman–Crippen MR) is 144 cm³/mol. The molecule has 1 heterocycles. The summed E-state index contributed by atoms with van der Waals surface area (Å²) >= 11 is 0. The maximum absolute atomic E-state index is 14.3. The topological polar surface area (TPSA) is 117 Å². The van der Waals surface area contributed by atoms with E-state index in [4.69, 9.17) is 18.5 Å². The molecule has 39 heavy (non-hydrogen) atoms. The Labute approximate surface area is 229 Å². The van der Waals surface area contributed by atoms with Gasteiger partial charge in [-0.25, -0.2) is 4.79 Å². The summed E-state index contributed by atoms with van der Waals surface area (Å²) in [5, 5.41) is 2.89. The summed E-state index contributed by atoms with van der Waals surface area (Å²) in [7, 11) is -4.19. The lowest BCUT2D eigenvalue weighted by atomic mass is 9.66. The first-order valence-electron chi connectivity index (χ1n) is 13.2.